The highest BCUT2D eigenvalue weighted by molar-refractivity contribution is 7.99. The lowest BCUT2D eigenvalue weighted by molar-refractivity contribution is 0.219. The minimum absolute atomic E-state index is 0.145. The molecule has 0 aliphatic heterocycles. The van der Waals surface area contributed by atoms with E-state index in [4.69, 9.17) is 0 Å². The maximum Gasteiger partial charge on any atom is 0.322 e. The van der Waals surface area contributed by atoms with Crippen LogP contribution in [0.5, 0.6) is 0 Å². The van der Waals surface area contributed by atoms with Crippen LogP contribution in [0.15, 0.2) is 54.6 Å². The summed E-state index contributed by atoms with van der Waals surface area (Å²) in [4.78, 5) is 16.7. The number of urea groups is 1. The molecule has 2 amide bonds. The quantitative estimate of drug-likeness (QED) is 0.609. The number of carbonyl (C=O) groups excluding carboxylic acids is 1. The van der Waals surface area contributed by atoms with Crippen LogP contribution in [0.2, 0.25) is 0 Å². The molecule has 1 N–H and O–H groups in total. The molecule has 27 heavy (non-hydrogen) atoms. The summed E-state index contributed by atoms with van der Waals surface area (Å²) in [5.41, 5.74) is 1.24. The molecule has 0 saturated heterocycles. The molecule has 2 aromatic carbocycles. The fourth-order valence-corrected chi connectivity index (χ4v) is 4.01. The first-order valence-corrected chi connectivity index (χ1v) is 10.3. The van der Waals surface area contributed by atoms with Crippen molar-refractivity contribution in [3.05, 3.63) is 66.0 Å². The number of carbonyl (C=O) groups is 1. The molecule has 0 aliphatic rings. The zero-order valence-corrected chi connectivity index (χ0v) is 17.0. The Morgan fingerprint density at radius 1 is 1.07 bits per heavy atom. The fraction of sp³-hybridized carbons (Fsp3) is 0.381. The van der Waals surface area contributed by atoms with Gasteiger partial charge in [-0.3, -0.25) is 0 Å². The molecule has 1 atom stereocenters. The first kappa shape index (κ1) is 21.3. The first-order valence-electron chi connectivity index (χ1n) is 9.24. The molecule has 4 nitrogen and oxygen atoms in total. The topological polar surface area (TPSA) is 35.6 Å². The molecule has 2 aromatic rings. The summed E-state index contributed by atoms with van der Waals surface area (Å²) in [6.45, 7) is 7.28. The highest BCUT2D eigenvalue weighted by Crippen LogP contribution is 2.32. The molecule has 146 valence electrons. The van der Waals surface area contributed by atoms with E-state index in [9.17, 15) is 9.18 Å². The number of nitrogens with one attached hydrogen (secondary N) is 1. The van der Waals surface area contributed by atoms with E-state index in [1.807, 2.05) is 30.3 Å². The molecular weight excluding hydrogens is 361 g/mol. The van der Waals surface area contributed by atoms with Crippen molar-refractivity contribution in [3.8, 4) is 0 Å². The van der Waals surface area contributed by atoms with Crippen molar-refractivity contribution < 1.29 is 9.18 Å². The van der Waals surface area contributed by atoms with E-state index in [1.165, 1.54) is 6.07 Å². The van der Waals surface area contributed by atoms with Crippen LogP contribution in [0.3, 0.4) is 0 Å². The van der Waals surface area contributed by atoms with Gasteiger partial charge in [0, 0.05) is 19.3 Å². The van der Waals surface area contributed by atoms with Gasteiger partial charge in [0.15, 0.2) is 0 Å². The average Bonchev–Trinajstić information content (AvgIpc) is 2.70. The number of amides is 2. The molecule has 6 heteroatoms. The highest BCUT2D eigenvalue weighted by atomic mass is 32.2. The number of rotatable bonds is 9. The summed E-state index contributed by atoms with van der Waals surface area (Å²) >= 11 is 1.71. The van der Waals surface area contributed by atoms with E-state index in [0.717, 1.165) is 31.0 Å². The monoisotopic (exact) mass is 389 g/mol. The lowest BCUT2D eigenvalue weighted by atomic mass is 10.2. The molecule has 0 aromatic heterocycles. The summed E-state index contributed by atoms with van der Waals surface area (Å²) in [5, 5.41) is 2.53. The van der Waals surface area contributed by atoms with Crippen molar-refractivity contribution in [1.82, 2.24) is 9.80 Å². The molecule has 0 saturated carbocycles. The molecule has 0 spiro atoms. The summed E-state index contributed by atoms with van der Waals surface area (Å²) in [7, 11) is 1.75. The Morgan fingerprint density at radius 2 is 1.70 bits per heavy atom. The van der Waals surface area contributed by atoms with Gasteiger partial charge >= 0.3 is 6.03 Å². The van der Waals surface area contributed by atoms with Crippen LogP contribution < -0.4 is 5.32 Å². The Balaban J connectivity index is 2.09. The van der Waals surface area contributed by atoms with Gasteiger partial charge in [0.05, 0.1) is 5.69 Å². The highest BCUT2D eigenvalue weighted by Gasteiger charge is 2.23. The second-order valence-electron chi connectivity index (χ2n) is 6.18. The molecule has 0 fully saturated rings. The van der Waals surface area contributed by atoms with Gasteiger partial charge in [0.1, 0.15) is 11.2 Å². The van der Waals surface area contributed by atoms with Crippen molar-refractivity contribution in [1.29, 1.82) is 0 Å². The SMILES string of the molecule is CCN(CC)CCSC(c1ccccc1)N(C)C(=O)Nc1ccccc1F. The third-order valence-electron chi connectivity index (χ3n) is 4.45. The number of anilines is 1. The Morgan fingerprint density at radius 3 is 2.33 bits per heavy atom. The minimum atomic E-state index is -0.440. The lowest BCUT2D eigenvalue weighted by Crippen LogP contribution is -2.34. The summed E-state index contributed by atoms with van der Waals surface area (Å²) in [5.74, 6) is 0.461. The Bertz CT molecular complexity index is 710. The van der Waals surface area contributed by atoms with Gasteiger partial charge in [0.25, 0.3) is 0 Å². The number of benzene rings is 2. The molecule has 0 heterocycles. The standard InChI is InChI=1S/C21H28FN3OS/c1-4-25(5-2)15-16-27-20(17-11-7-6-8-12-17)24(3)21(26)23-19-14-10-9-13-18(19)22/h6-14,20H,4-5,15-16H2,1-3H3,(H,23,26). The maximum atomic E-state index is 13.9. The fourth-order valence-electron chi connectivity index (χ4n) is 2.76. The molecule has 0 bridgehead atoms. The van der Waals surface area contributed by atoms with Gasteiger partial charge in [-0.2, -0.15) is 0 Å². The zero-order valence-electron chi connectivity index (χ0n) is 16.2. The third kappa shape index (κ3) is 6.26. The van der Waals surface area contributed by atoms with Gasteiger partial charge in [-0.25, -0.2) is 9.18 Å². The van der Waals surface area contributed by atoms with Gasteiger partial charge in [-0.1, -0.05) is 56.3 Å². The van der Waals surface area contributed by atoms with Crippen LogP contribution in [0.25, 0.3) is 0 Å². The Labute approximate surface area is 165 Å². The number of para-hydroxylation sites is 1. The average molecular weight is 390 g/mol. The molecule has 2 rings (SSSR count). The Hall–Kier alpha value is -2.05. The molecule has 0 radical (unpaired) electrons. The first-order chi connectivity index (χ1) is 13.1. The maximum absolute atomic E-state index is 13.9. The number of halogens is 1. The summed E-state index contributed by atoms with van der Waals surface area (Å²) in [6.07, 6.45) is 0. The predicted molar refractivity (Wildman–Crippen MR) is 113 cm³/mol. The van der Waals surface area contributed by atoms with Gasteiger partial charge in [-0.05, 0) is 30.8 Å². The molecule has 1 unspecified atom stereocenters. The van der Waals surface area contributed by atoms with E-state index in [0.29, 0.717) is 0 Å². The van der Waals surface area contributed by atoms with Crippen molar-refractivity contribution in [2.24, 2.45) is 0 Å². The second-order valence-corrected chi connectivity index (χ2v) is 7.37. The summed E-state index contributed by atoms with van der Waals surface area (Å²) in [6, 6.07) is 15.8. The van der Waals surface area contributed by atoms with Crippen molar-refractivity contribution in [3.63, 3.8) is 0 Å². The van der Waals surface area contributed by atoms with Crippen molar-refractivity contribution >= 4 is 23.5 Å². The number of hydrogen-bond acceptors (Lipinski definition) is 3. The minimum Gasteiger partial charge on any atom is -0.311 e. The molecular formula is C21H28FN3OS. The predicted octanol–water partition coefficient (Wildman–Crippen LogP) is 5.06. The smallest absolute Gasteiger partial charge is 0.311 e. The normalized spacial score (nSPS) is 12.0. The van der Waals surface area contributed by atoms with Crippen LogP contribution in [-0.4, -0.2) is 48.3 Å². The van der Waals surface area contributed by atoms with E-state index in [2.05, 4.69) is 24.1 Å². The van der Waals surface area contributed by atoms with Gasteiger partial charge < -0.3 is 15.1 Å². The van der Waals surface area contributed by atoms with Crippen LogP contribution in [0.1, 0.15) is 24.8 Å². The second kappa shape index (κ2) is 10.9. The van der Waals surface area contributed by atoms with E-state index < -0.39 is 5.82 Å². The largest absolute Gasteiger partial charge is 0.322 e. The number of thioether (sulfide) groups is 1. The van der Waals surface area contributed by atoms with Crippen LogP contribution in [-0.2, 0) is 0 Å². The van der Waals surface area contributed by atoms with E-state index >= 15 is 0 Å². The van der Waals surface area contributed by atoms with Gasteiger partial charge in [-0.15, -0.1) is 11.8 Å². The van der Waals surface area contributed by atoms with Crippen molar-refractivity contribution in [2.75, 3.05) is 37.8 Å². The van der Waals surface area contributed by atoms with E-state index in [1.54, 1.807) is 41.9 Å². The number of hydrogen-bond donors (Lipinski definition) is 1. The molecule has 0 aliphatic carbocycles. The van der Waals surface area contributed by atoms with E-state index in [-0.39, 0.29) is 17.1 Å². The number of nitrogens with zero attached hydrogens (tertiary/aromatic N) is 2. The van der Waals surface area contributed by atoms with Crippen molar-refractivity contribution in [2.45, 2.75) is 19.2 Å². The van der Waals surface area contributed by atoms with Gasteiger partial charge in [0.2, 0.25) is 0 Å². The zero-order chi connectivity index (χ0) is 19.6. The van der Waals surface area contributed by atoms with Crippen LogP contribution >= 0.6 is 11.8 Å². The van der Waals surface area contributed by atoms with Crippen LogP contribution in [0, 0.1) is 5.82 Å². The summed E-state index contributed by atoms with van der Waals surface area (Å²) < 4.78 is 13.9. The lowest BCUT2D eigenvalue weighted by Gasteiger charge is -2.29. The van der Waals surface area contributed by atoms with Crippen LogP contribution in [0.4, 0.5) is 14.9 Å². The Kier molecular flexibility index (Phi) is 8.61. The third-order valence-corrected chi connectivity index (χ3v) is 5.77.